The minimum Gasteiger partial charge on any atom is -0.292 e. The number of ketones is 1. The zero-order chi connectivity index (χ0) is 13.0. The lowest BCUT2D eigenvalue weighted by Gasteiger charge is -2.04. The molecule has 3 nitrogen and oxygen atoms in total. The number of thiophene rings is 1. The summed E-state index contributed by atoms with van der Waals surface area (Å²) in [5.74, 6) is 0.165. The van der Waals surface area contributed by atoms with Crippen molar-refractivity contribution in [3.8, 4) is 0 Å². The number of carbonyl (C=O) groups excluding carboxylic acids is 1. The Labute approximate surface area is 119 Å². The Bertz CT molecular complexity index is 519. The SMILES string of the molecule is CCn1ncc(Br)c1C(=O)CCCc1cccs1. The van der Waals surface area contributed by atoms with Gasteiger partial charge in [-0.1, -0.05) is 6.07 Å². The largest absolute Gasteiger partial charge is 0.292 e. The van der Waals surface area contributed by atoms with Crippen molar-refractivity contribution in [2.75, 3.05) is 0 Å². The highest BCUT2D eigenvalue weighted by molar-refractivity contribution is 9.10. The zero-order valence-electron chi connectivity index (χ0n) is 10.2. The summed E-state index contributed by atoms with van der Waals surface area (Å²) in [4.78, 5) is 13.5. The van der Waals surface area contributed by atoms with Crippen LogP contribution in [0.2, 0.25) is 0 Å². The lowest BCUT2D eigenvalue weighted by molar-refractivity contribution is 0.0969. The van der Waals surface area contributed by atoms with Crippen molar-refractivity contribution in [1.82, 2.24) is 9.78 Å². The van der Waals surface area contributed by atoms with E-state index in [2.05, 4.69) is 32.5 Å². The molecule has 0 spiro atoms. The molecule has 0 unspecified atom stereocenters. The van der Waals surface area contributed by atoms with E-state index in [0.29, 0.717) is 12.1 Å². The molecule has 0 atom stereocenters. The van der Waals surface area contributed by atoms with Gasteiger partial charge in [-0.25, -0.2) is 0 Å². The lowest BCUT2D eigenvalue weighted by atomic mass is 10.1. The summed E-state index contributed by atoms with van der Waals surface area (Å²) in [5.41, 5.74) is 0.698. The number of rotatable bonds is 6. The van der Waals surface area contributed by atoms with Gasteiger partial charge in [0, 0.05) is 17.8 Å². The molecular formula is C13H15BrN2OS. The summed E-state index contributed by atoms with van der Waals surface area (Å²) in [5, 5.41) is 6.23. The predicted octanol–water partition coefficient (Wildman–Crippen LogP) is 3.93. The summed E-state index contributed by atoms with van der Waals surface area (Å²) in [7, 11) is 0. The molecule has 0 bridgehead atoms. The standard InChI is InChI=1S/C13H15BrN2OS/c1-2-16-13(11(14)9-15-16)12(17)7-3-5-10-6-4-8-18-10/h4,6,8-9H,2-3,5,7H2,1H3. The van der Waals surface area contributed by atoms with Gasteiger partial charge in [0.1, 0.15) is 5.69 Å². The van der Waals surface area contributed by atoms with E-state index >= 15 is 0 Å². The van der Waals surface area contributed by atoms with E-state index in [0.717, 1.165) is 23.9 Å². The Morgan fingerprint density at radius 2 is 2.39 bits per heavy atom. The van der Waals surface area contributed by atoms with Crippen LogP contribution in [0.15, 0.2) is 28.2 Å². The van der Waals surface area contributed by atoms with E-state index in [-0.39, 0.29) is 5.78 Å². The Morgan fingerprint density at radius 3 is 3.06 bits per heavy atom. The number of Topliss-reactive ketones (excluding diaryl/α,β-unsaturated/α-hetero) is 1. The topological polar surface area (TPSA) is 34.9 Å². The Balaban J connectivity index is 1.93. The number of aromatic nitrogens is 2. The van der Waals surface area contributed by atoms with E-state index in [4.69, 9.17) is 0 Å². The molecule has 2 heterocycles. The van der Waals surface area contributed by atoms with E-state index in [1.165, 1.54) is 4.88 Å². The number of aryl methyl sites for hydroxylation is 2. The monoisotopic (exact) mass is 326 g/mol. The predicted molar refractivity (Wildman–Crippen MR) is 77.2 cm³/mol. The van der Waals surface area contributed by atoms with Gasteiger partial charge in [0.25, 0.3) is 0 Å². The highest BCUT2D eigenvalue weighted by atomic mass is 79.9. The summed E-state index contributed by atoms with van der Waals surface area (Å²) < 4.78 is 2.54. The first-order valence-corrected chi connectivity index (χ1v) is 7.66. The summed E-state index contributed by atoms with van der Waals surface area (Å²) >= 11 is 5.13. The minimum absolute atomic E-state index is 0.165. The number of carbonyl (C=O) groups is 1. The van der Waals surface area contributed by atoms with Gasteiger partial charge in [-0.3, -0.25) is 9.48 Å². The van der Waals surface area contributed by atoms with Crippen LogP contribution in [0.25, 0.3) is 0 Å². The third kappa shape index (κ3) is 3.09. The van der Waals surface area contributed by atoms with E-state index in [1.54, 1.807) is 22.2 Å². The van der Waals surface area contributed by atoms with Crippen molar-refractivity contribution < 1.29 is 4.79 Å². The molecule has 2 aromatic rings. The minimum atomic E-state index is 0.165. The van der Waals surface area contributed by atoms with E-state index < -0.39 is 0 Å². The molecule has 0 radical (unpaired) electrons. The molecule has 0 N–H and O–H groups in total. The van der Waals surface area contributed by atoms with Crippen LogP contribution in [-0.2, 0) is 13.0 Å². The maximum absolute atomic E-state index is 12.1. The molecule has 0 aromatic carbocycles. The van der Waals surface area contributed by atoms with Gasteiger partial charge in [0.2, 0.25) is 0 Å². The quantitative estimate of drug-likeness (QED) is 0.754. The van der Waals surface area contributed by atoms with E-state index in [1.807, 2.05) is 13.0 Å². The summed E-state index contributed by atoms with van der Waals surface area (Å²) in [6, 6.07) is 4.16. The first-order valence-electron chi connectivity index (χ1n) is 5.99. The van der Waals surface area contributed by atoms with Crippen LogP contribution in [0.4, 0.5) is 0 Å². The summed E-state index contributed by atoms with van der Waals surface area (Å²) in [6.45, 7) is 2.71. The number of halogens is 1. The Kier molecular flexibility index (Phi) is 4.72. The molecule has 0 aliphatic rings. The molecule has 5 heteroatoms. The molecular weight excluding hydrogens is 312 g/mol. The van der Waals surface area contributed by atoms with Crippen molar-refractivity contribution >= 4 is 33.0 Å². The molecule has 18 heavy (non-hydrogen) atoms. The fourth-order valence-electron chi connectivity index (χ4n) is 1.88. The van der Waals surface area contributed by atoms with Gasteiger partial charge in [-0.05, 0) is 47.1 Å². The van der Waals surface area contributed by atoms with Crippen molar-refractivity contribution in [3.05, 3.63) is 38.8 Å². The molecule has 0 saturated carbocycles. The smallest absolute Gasteiger partial charge is 0.182 e. The van der Waals surface area contributed by atoms with Gasteiger partial charge in [-0.2, -0.15) is 5.10 Å². The zero-order valence-corrected chi connectivity index (χ0v) is 12.6. The van der Waals surface area contributed by atoms with Crippen LogP contribution in [0.5, 0.6) is 0 Å². The normalized spacial score (nSPS) is 10.8. The lowest BCUT2D eigenvalue weighted by Crippen LogP contribution is -2.10. The van der Waals surface area contributed by atoms with Crippen LogP contribution < -0.4 is 0 Å². The average Bonchev–Trinajstić information content (AvgIpc) is 2.98. The van der Waals surface area contributed by atoms with Crippen LogP contribution in [0.3, 0.4) is 0 Å². The number of hydrogen-bond acceptors (Lipinski definition) is 3. The van der Waals surface area contributed by atoms with Gasteiger partial charge >= 0.3 is 0 Å². The molecule has 0 fully saturated rings. The molecule has 96 valence electrons. The third-order valence-electron chi connectivity index (χ3n) is 2.77. The van der Waals surface area contributed by atoms with Crippen molar-refractivity contribution in [3.63, 3.8) is 0 Å². The van der Waals surface area contributed by atoms with Crippen LogP contribution in [-0.4, -0.2) is 15.6 Å². The molecule has 0 saturated heterocycles. The first kappa shape index (κ1) is 13.5. The highest BCUT2D eigenvalue weighted by Crippen LogP contribution is 2.19. The van der Waals surface area contributed by atoms with Crippen molar-refractivity contribution in [2.45, 2.75) is 32.7 Å². The molecule has 2 aromatic heterocycles. The van der Waals surface area contributed by atoms with E-state index in [9.17, 15) is 4.79 Å². The van der Waals surface area contributed by atoms with Gasteiger partial charge in [0.15, 0.2) is 5.78 Å². The fourth-order valence-corrected chi connectivity index (χ4v) is 3.14. The van der Waals surface area contributed by atoms with Crippen LogP contribution in [0.1, 0.15) is 35.1 Å². The Hall–Kier alpha value is -0.940. The van der Waals surface area contributed by atoms with Gasteiger partial charge < -0.3 is 0 Å². The second-order valence-corrected chi connectivity index (χ2v) is 5.90. The van der Waals surface area contributed by atoms with Gasteiger partial charge in [0.05, 0.1) is 10.7 Å². The molecule has 0 aliphatic heterocycles. The summed E-state index contributed by atoms with van der Waals surface area (Å²) in [6.07, 6.45) is 4.13. The van der Waals surface area contributed by atoms with Crippen molar-refractivity contribution in [1.29, 1.82) is 0 Å². The van der Waals surface area contributed by atoms with Crippen LogP contribution in [0, 0.1) is 0 Å². The fraction of sp³-hybridized carbons (Fsp3) is 0.385. The molecule has 0 aliphatic carbocycles. The molecule has 2 rings (SSSR count). The Morgan fingerprint density at radius 1 is 1.56 bits per heavy atom. The first-order chi connectivity index (χ1) is 8.72. The number of hydrogen-bond donors (Lipinski definition) is 0. The van der Waals surface area contributed by atoms with Crippen LogP contribution >= 0.6 is 27.3 Å². The molecule has 0 amide bonds. The van der Waals surface area contributed by atoms with Crippen molar-refractivity contribution in [2.24, 2.45) is 0 Å². The van der Waals surface area contributed by atoms with Gasteiger partial charge in [-0.15, -0.1) is 11.3 Å². The number of nitrogens with zero attached hydrogens (tertiary/aromatic N) is 2. The highest BCUT2D eigenvalue weighted by Gasteiger charge is 2.15. The average molecular weight is 327 g/mol. The second kappa shape index (κ2) is 6.29. The maximum atomic E-state index is 12.1. The second-order valence-electron chi connectivity index (χ2n) is 4.01. The third-order valence-corrected chi connectivity index (χ3v) is 4.28. The maximum Gasteiger partial charge on any atom is 0.182 e.